The Morgan fingerprint density at radius 1 is 1.32 bits per heavy atom. The first-order chi connectivity index (χ1) is 9.15. The van der Waals surface area contributed by atoms with E-state index < -0.39 is 0 Å². The molecular formula is C13H14O4S2. The zero-order valence-electron chi connectivity index (χ0n) is 10.4. The number of esters is 2. The van der Waals surface area contributed by atoms with Crippen LogP contribution in [0.4, 0.5) is 0 Å². The van der Waals surface area contributed by atoms with Gasteiger partial charge in [0.25, 0.3) is 0 Å². The first kappa shape index (κ1) is 14.3. The van der Waals surface area contributed by atoms with Crippen molar-refractivity contribution in [3.8, 4) is 0 Å². The predicted octanol–water partition coefficient (Wildman–Crippen LogP) is 2.54. The average molecular weight is 298 g/mol. The van der Waals surface area contributed by atoms with Crippen molar-refractivity contribution < 1.29 is 19.1 Å². The summed E-state index contributed by atoms with van der Waals surface area (Å²) in [5, 5.41) is 0. The van der Waals surface area contributed by atoms with Gasteiger partial charge in [0, 0.05) is 12.7 Å². The van der Waals surface area contributed by atoms with Crippen LogP contribution in [0.25, 0.3) is 0 Å². The van der Waals surface area contributed by atoms with Gasteiger partial charge in [-0.3, -0.25) is 4.79 Å². The summed E-state index contributed by atoms with van der Waals surface area (Å²) in [4.78, 5) is 22.6. The standard InChI is InChI=1S/C13H14O4S2/c1-9(14)17-11-8-18-12(19-11)7-16-13(15)10-5-3-2-4-6-10/h2-6,11-12H,7-8H2,1H3/t11-,12-/m1/s1. The minimum Gasteiger partial charge on any atom is -0.460 e. The van der Waals surface area contributed by atoms with Crippen LogP contribution in [0.5, 0.6) is 0 Å². The molecule has 102 valence electrons. The lowest BCUT2D eigenvalue weighted by atomic mass is 10.2. The van der Waals surface area contributed by atoms with Crippen LogP contribution in [-0.4, -0.2) is 34.3 Å². The van der Waals surface area contributed by atoms with Gasteiger partial charge in [-0.05, 0) is 12.1 Å². The Bertz CT molecular complexity index is 449. The molecule has 0 amide bonds. The lowest BCUT2D eigenvalue weighted by Gasteiger charge is -2.11. The molecule has 0 aromatic heterocycles. The number of hydrogen-bond acceptors (Lipinski definition) is 6. The molecule has 1 heterocycles. The fraction of sp³-hybridized carbons (Fsp3) is 0.385. The van der Waals surface area contributed by atoms with Crippen LogP contribution in [0.3, 0.4) is 0 Å². The highest BCUT2D eigenvalue weighted by Gasteiger charge is 2.29. The Morgan fingerprint density at radius 2 is 2.05 bits per heavy atom. The van der Waals surface area contributed by atoms with Gasteiger partial charge in [0.15, 0.2) is 5.44 Å². The van der Waals surface area contributed by atoms with Gasteiger partial charge in [-0.25, -0.2) is 4.79 Å². The summed E-state index contributed by atoms with van der Waals surface area (Å²) in [5.74, 6) is 0.135. The number of carbonyl (C=O) groups is 2. The molecule has 1 fully saturated rings. The molecule has 1 aliphatic rings. The van der Waals surface area contributed by atoms with E-state index in [1.54, 1.807) is 36.0 Å². The number of hydrogen-bond donors (Lipinski definition) is 0. The summed E-state index contributed by atoms with van der Waals surface area (Å²) < 4.78 is 10.5. The molecule has 1 aliphatic heterocycles. The molecule has 4 nitrogen and oxygen atoms in total. The van der Waals surface area contributed by atoms with E-state index in [1.165, 1.54) is 18.7 Å². The van der Waals surface area contributed by atoms with Crippen molar-refractivity contribution in [2.24, 2.45) is 0 Å². The Morgan fingerprint density at radius 3 is 2.74 bits per heavy atom. The number of ether oxygens (including phenoxy) is 2. The van der Waals surface area contributed by atoms with E-state index in [2.05, 4.69) is 0 Å². The Balaban J connectivity index is 1.75. The molecule has 0 saturated carbocycles. The largest absolute Gasteiger partial charge is 0.460 e. The van der Waals surface area contributed by atoms with Gasteiger partial charge in [-0.15, -0.1) is 11.8 Å². The van der Waals surface area contributed by atoms with Crippen molar-refractivity contribution >= 4 is 35.5 Å². The van der Waals surface area contributed by atoms with E-state index in [9.17, 15) is 9.59 Å². The monoisotopic (exact) mass is 298 g/mol. The van der Waals surface area contributed by atoms with Gasteiger partial charge in [0.2, 0.25) is 0 Å². The first-order valence-electron chi connectivity index (χ1n) is 5.81. The molecule has 1 aromatic carbocycles. The smallest absolute Gasteiger partial charge is 0.338 e. The van der Waals surface area contributed by atoms with E-state index >= 15 is 0 Å². The third-order valence-electron chi connectivity index (χ3n) is 2.38. The number of carbonyl (C=O) groups excluding carboxylic acids is 2. The van der Waals surface area contributed by atoms with E-state index in [4.69, 9.17) is 9.47 Å². The van der Waals surface area contributed by atoms with Gasteiger partial charge in [0.1, 0.15) is 6.61 Å². The van der Waals surface area contributed by atoms with Crippen LogP contribution in [0.1, 0.15) is 17.3 Å². The van der Waals surface area contributed by atoms with Crippen molar-refractivity contribution in [1.82, 2.24) is 0 Å². The van der Waals surface area contributed by atoms with Crippen LogP contribution in [0.2, 0.25) is 0 Å². The summed E-state index contributed by atoms with van der Waals surface area (Å²) in [5.41, 5.74) is 0.412. The fourth-order valence-corrected chi connectivity index (χ4v) is 4.32. The maximum Gasteiger partial charge on any atom is 0.338 e. The quantitative estimate of drug-likeness (QED) is 0.796. The van der Waals surface area contributed by atoms with Crippen molar-refractivity contribution in [2.45, 2.75) is 16.9 Å². The molecule has 0 spiro atoms. The van der Waals surface area contributed by atoms with Gasteiger partial charge in [-0.2, -0.15) is 0 Å². The second-order valence-electron chi connectivity index (χ2n) is 3.90. The molecule has 2 rings (SSSR count). The fourth-order valence-electron chi connectivity index (χ4n) is 1.57. The summed E-state index contributed by atoms with van der Waals surface area (Å²) in [6, 6.07) is 8.89. The maximum atomic E-state index is 11.7. The first-order valence-corrected chi connectivity index (χ1v) is 7.81. The average Bonchev–Trinajstić information content (AvgIpc) is 2.84. The Labute approximate surface area is 120 Å². The second-order valence-corrected chi connectivity index (χ2v) is 6.80. The van der Waals surface area contributed by atoms with Crippen LogP contribution < -0.4 is 0 Å². The second kappa shape index (κ2) is 6.86. The van der Waals surface area contributed by atoms with Gasteiger partial charge in [0.05, 0.1) is 10.1 Å². The molecule has 0 radical (unpaired) electrons. The third kappa shape index (κ3) is 4.47. The zero-order valence-corrected chi connectivity index (χ0v) is 12.0. The third-order valence-corrected chi connectivity index (χ3v) is 5.34. The highest BCUT2D eigenvalue weighted by atomic mass is 32.2. The summed E-state index contributed by atoms with van der Waals surface area (Å²) in [7, 11) is 0. The molecule has 0 unspecified atom stereocenters. The highest BCUT2D eigenvalue weighted by Crippen LogP contribution is 2.38. The zero-order chi connectivity index (χ0) is 13.7. The molecule has 1 aromatic rings. The summed E-state index contributed by atoms with van der Waals surface area (Å²) in [6.45, 7) is 1.72. The Hall–Kier alpha value is -1.14. The van der Waals surface area contributed by atoms with Crippen molar-refractivity contribution in [3.63, 3.8) is 0 Å². The molecule has 2 atom stereocenters. The Kier molecular flexibility index (Phi) is 5.15. The van der Waals surface area contributed by atoms with Crippen molar-refractivity contribution in [2.75, 3.05) is 12.4 Å². The molecule has 6 heteroatoms. The minimum atomic E-state index is -0.322. The van der Waals surface area contributed by atoms with Crippen LogP contribution in [-0.2, 0) is 14.3 Å². The predicted molar refractivity (Wildman–Crippen MR) is 76.1 cm³/mol. The number of rotatable bonds is 4. The van der Waals surface area contributed by atoms with Crippen LogP contribution >= 0.6 is 23.5 Å². The van der Waals surface area contributed by atoms with Crippen molar-refractivity contribution in [3.05, 3.63) is 35.9 Å². The van der Waals surface area contributed by atoms with Crippen LogP contribution in [0.15, 0.2) is 30.3 Å². The molecule has 1 saturated heterocycles. The maximum absolute atomic E-state index is 11.7. The van der Waals surface area contributed by atoms with E-state index in [-0.39, 0.29) is 22.0 Å². The van der Waals surface area contributed by atoms with E-state index in [0.29, 0.717) is 12.2 Å². The molecule has 0 aliphatic carbocycles. The highest BCUT2D eigenvalue weighted by molar-refractivity contribution is 8.20. The molecule has 19 heavy (non-hydrogen) atoms. The van der Waals surface area contributed by atoms with Gasteiger partial charge in [-0.1, -0.05) is 30.0 Å². The molecule has 0 bridgehead atoms. The van der Waals surface area contributed by atoms with E-state index in [0.717, 1.165) is 5.75 Å². The summed E-state index contributed by atoms with van der Waals surface area (Å²) in [6.07, 6.45) is 0. The van der Waals surface area contributed by atoms with Crippen molar-refractivity contribution in [1.29, 1.82) is 0 Å². The lowest BCUT2D eigenvalue weighted by molar-refractivity contribution is -0.141. The van der Waals surface area contributed by atoms with Gasteiger partial charge >= 0.3 is 11.9 Å². The topological polar surface area (TPSA) is 52.6 Å². The molecular weight excluding hydrogens is 284 g/mol. The normalized spacial score (nSPS) is 21.9. The summed E-state index contributed by atoms with van der Waals surface area (Å²) >= 11 is 3.16. The van der Waals surface area contributed by atoms with Crippen LogP contribution in [0, 0.1) is 0 Å². The van der Waals surface area contributed by atoms with E-state index in [1.807, 2.05) is 6.07 Å². The lowest BCUT2D eigenvalue weighted by Crippen LogP contribution is -2.14. The molecule has 0 N–H and O–H groups in total. The SMILES string of the molecule is CC(=O)O[C@H]1CS[C@@H](COC(=O)c2ccccc2)S1. The minimum absolute atomic E-state index is 0.122. The number of benzene rings is 1. The number of thioether (sulfide) groups is 2. The van der Waals surface area contributed by atoms with Gasteiger partial charge < -0.3 is 9.47 Å².